The maximum absolute atomic E-state index is 12.3. The van der Waals surface area contributed by atoms with E-state index in [1.165, 1.54) is 4.90 Å². The van der Waals surface area contributed by atoms with E-state index < -0.39 is 0 Å². The summed E-state index contributed by atoms with van der Waals surface area (Å²) in [5.41, 5.74) is 3.35. The molecule has 32 heavy (non-hydrogen) atoms. The molecule has 0 fully saturated rings. The topological polar surface area (TPSA) is 90.5 Å². The zero-order valence-electron chi connectivity index (χ0n) is 18.1. The monoisotopic (exact) mass is 430 g/mol. The third kappa shape index (κ3) is 6.43. The summed E-state index contributed by atoms with van der Waals surface area (Å²) in [7, 11) is 3.38. The zero-order chi connectivity index (χ0) is 22.9. The van der Waals surface area contributed by atoms with Crippen molar-refractivity contribution in [3.8, 4) is 0 Å². The van der Waals surface area contributed by atoms with Crippen LogP contribution in [-0.2, 0) is 11.3 Å². The van der Waals surface area contributed by atoms with Crippen LogP contribution in [0, 0.1) is 0 Å². The predicted molar refractivity (Wildman–Crippen MR) is 126 cm³/mol. The molecule has 0 saturated heterocycles. The van der Waals surface area contributed by atoms with Crippen LogP contribution in [0.4, 0.5) is 11.4 Å². The number of benzene rings is 3. The molecular weight excluding hydrogens is 404 g/mol. The number of anilines is 2. The van der Waals surface area contributed by atoms with Crippen molar-refractivity contribution in [3.05, 3.63) is 95.6 Å². The van der Waals surface area contributed by atoms with Crippen molar-refractivity contribution in [2.75, 3.05) is 31.3 Å². The van der Waals surface area contributed by atoms with Crippen LogP contribution >= 0.6 is 0 Å². The van der Waals surface area contributed by atoms with Gasteiger partial charge in [-0.15, -0.1) is 0 Å². The molecule has 3 aromatic carbocycles. The molecule has 0 aliphatic heterocycles. The van der Waals surface area contributed by atoms with Crippen LogP contribution in [0.1, 0.15) is 26.3 Å². The maximum Gasteiger partial charge on any atom is 0.253 e. The molecule has 0 heterocycles. The highest BCUT2D eigenvalue weighted by molar-refractivity contribution is 5.97. The van der Waals surface area contributed by atoms with Crippen molar-refractivity contribution in [1.82, 2.24) is 10.2 Å². The molecule has 164 valence electrons. The summed E-state index contributed by atoms with van der Waals surface area (Å²) in [6.45, 7) is 0.490. The Bertz CT molecular complexity index is 1080. The van der Waals surface area contributed by atoms with E-state index in [9.17, 15) is 14.4 Å². The van der Waals surface area contributed by atoms with Gasteiger partial charge in [0.25, 0.3) is 11.8 Å². The summed E-state index contributed by atoms with van der Waals surface area (Å²) in [6, 6.07) is 23.4. The SMILES string of the molecule is CN(C)C(=O)c1cccc(NCC(=O)Nc2ccc(C(=O)NCc3ccccc3)cc2)c1. The average molecular weight is 431 g/mol. The maximum atomic E-state index is 12.3. The largest absolute Gasteiger partial charge is 0.376 e. The van der Waals surface area contributed by atoms with E-state index in [1.54, 1.807) is 62.6 Å². The number of hydrogen-bond acceptors (Lipinski definition) is 4. The molecule has 3 N–H and O–H groups in total. The van der Waals surface area contributed by atoms with Gasteiger partial charge in [-0.1, -0.05) is 36.4 Å². The van der Waals surface area contributed by atoms with Crippen molar-refractivity contribution in [1.29, 1.82) is 0 Å². The molecule has 0 radical (unpaired) electrons. The van der Waals surface area contributed by atoms with Crippen LogP contribution in [0.3, 0.4) is 0 Å². The van der Waals surface area contributed by atoms with E-state index >= 15 is 0 Å². The first-order valence-electron chi connectivity index (χ1n) is 10.2. The first-order valence-corrected chi connectivity index (χ1v) is 10.2. The lowest BCUT2D eigenvalue weighted by atomic mass is 10.1. The molecule has 0 atom stereocenters. The van der Waals surface area contributed by atoms with E-state index in [1.807, 2.05) is 30.3 Å². The molecular formula is C25H26N4O3. The second-order valence-corrected chi connectivity index (χ2v) is 7.43. The lowest BCUT2D eigenvalue weighted by Gasteiger charge is -2.12. The molecule has 0 saturated carbocycles. The Labute approximate surface area is 187 Å². The minimum atomic E-state index is -0.240. The Morgan fingerprint density at radius 1 is 0.781 bits per heavy atom. The van der Waals surface area contributed by atoms with Crippen molar-refractivity contribution in [2.24, 2.45) is 0 Å². The number of hydrogen-bond donors (Lipinski definition) is 3. The van der Waals surface area contributed by atoms with Gasteiger partial charge >= 0.3 is 0 Å². The highest BCUT2D eigenvalue weighted by atomic mass is 16.2. The van der Waals surface area contributed by atoms with Crippen LogP contribution < -0.4 is 16.0 Å². The van der Waals surface area contributed by atoms with Gasteiger partial charge in [-0.3, -0.25) is 14.4 Å². The van der Waals surface area contributed by atoms with Crippen molar-refractivity contribution < 1.29 is 14.4 Å². The van der Waals surface area contributed by atoms with E-state index in [0.29, 0.717) is 29.0 Å². The van der Waals surface area contributed by atoms with E-state index in [0.717, 1.165) is 5.56 Å². The lowest BCUT2D eigenvalue weighted by Crippen LogP contribution is -2.24. The molecule has 3 amide bonds. The Morgan fingerprint density at radius 2 is 1.50 bits per heavy atom. The number of amides is 3. The zero-order valence-corrected chi connectivity index (χ0v) is 18.1. The molecule has 0 bridgehead atoms. The van der Waals surface area contributed by atoms with Crippen LogP contribution in [0.25, 0.3) is 0 Å². The number of nitrogens with one attached hydrogen (secondary N) is 3. The van der Waals surface area contributed by atoms with Gasteiger partial charge in [0.15, 0.2) is 0 Å². The molecule has 0 aromatic heterocycles. The highest BCUT2D eigenvalue weighted by Gasteiger charge is 2.10. The summed E-state index contributed by atoms with van der Waals surface area (Å²) in [4.78, 5) is 38.1. The minimum absolute atomic E-state index is 0.0406. The van der Waals surface area contributed by atoms with Gasteiger partial charge in [-0.05, 0) is 48.0 Å². The number of carbonyl (C=O) groups is 3. The van der Waals surface area contributed by atoms with E-state index in [2.05, 4.69) is 16.0 Å². The standard InChI is InChI=1S/C25H26N4O3/c1-29(2)25(32)20-9-6-10-22(15-20)26-17-23(30)28-21-13-11-19(12-14-21)24(31)27-16-18-7-4-3-5-8-18/h3-15,26H,16-17H2,1-2H3,(H,27,31)(H,28,30). The smallest absolute Gasteiger partial charge is 0.253 e. The normalized spacial score (nSPS) is 10.2. The first-order chi connectivity index (χ1) is 15.4. The second kappa shape index (κ2) is 10.8. The summed E-state index contributed by atoms with van der Waals surface area (Å²) in [5.74, 6) is -0.526. The summed E-state index contributed by atoms with van der Waals surface area (Å²) in [6.07, 6.45) is 0. The fraction of sp³-hybridized carbons (Fsp3) is 0.160. The van der Waals surface area contributed by atoms with E-state index in [4.69, 9.17) is 0 Å². The average Bonchev–Trinajstić information content (AvgIpc) is 2.82. The molecule has 0 spiro atoms. The Balaban J connectivity index is 1.49. The first kappa shape index (κ1) is 22.6. The predicted octanol–water partition coefficient (Wildman–Crippen LogP) is 3.37. The molecule has 7 heteroatoms. The summed E-state index contributed by atoms with van der Waals surface area (Å²) >= 11 is 0. The van der Waals surface area contributed by atoms with Gasteiger partial charge < -0.3 is 20.9 Å². The Morgan fingerprint density at radius 3 is 2.19 bits per heavy atom. The summed E-state index contributed by atoms with van der Waals surface area (Å²) in [5, 5.41) is 8.67. The van der Waals surface area contributed by atoms with E-state index in [-0.39, 0.29) is 24.3 Å². The molecule has 3 aromatic rings. The van der Waals surface area contributed by atoms with Gasteiger partial charge in [-0.2, -0.15) is 0 Å². The fourth-order valence-corrected chi connectivity index (χ4v) is 2.99. The lowest BCUT2D eigenvalue weighted by molar-refractivity contribution is -0.114. The van der Waals surface area contributed by atoms with Gasteiger partial charge in [0.05, 0.1) is 6.54 Å². The second-order valence-electron chi connectivity index (χ2n) is 7.43. The number of carbonyl (C=O) groups excluding carboxylic acids is 3. The van der Waals surface area contributed by atoms with Crippen LogP contribution in [0.2, 0.25) is 0 Å². The third-order valence-electron chi connectivity index (χ3n) is 4.70. The van der Waals surface area contributed by atoms with Crippen LogP contribution in [-0.4, -0.2) is 43.3 Å². The van der Waals surface area contributed by atoms with Crippen LogP contribution in [0.5, 0.6) is 0 Å². The third-order valence-corrected chi connectivity index (χ3v) is 4.70. The van der Waals surface area contributed by atoms with Gasteiger partial charge in [-0.25, -0.2) is 0 Å². The molecule has 0 aliphatic carbocycles. The fourth-order valence-electron chi connectivity index (χ4n) is 2.99. The quantitative estimate of drug-likeness (QED) is 0.511. The highest BCUT2D eigenvalue weighted by Crippen LogP contribution is 2.13. The van der Waals surface area contributed by atoms with Gasteiger partial charge in [0.2, 0.25) is 5.91 Å². The molecule has 0 aliphatic rings. The van der Waals surface area contributed by atoms with Gasteiger partial charge in [0, 0.05) is 43.1 Å². The minimum Gasteiger partial charge on any atom is -0.376 e. The molecule has 0 unspecified atom stereocenters. The Hall–Kier alpha value is -4.13. The van der Waals surface area contributed by atoms with Crippen molar-refractivity contribution >= 4 is 29.1 Å². The van der Waals surface area contributed by atoms with Crippen LogP contribution in [0.15, 0.2) is 78.9 Å². The number of rotatable bonds is 8. The molecule has 7 nitrogen and oxygen atoms in total. The Kier molecular flexibility index (Phi) is 7.59. The van der Waals surface area contributed by atoms with Gasteiger partial charge in [0.1, 0.15) is 0 Å². The van der Waals surface area contributed by atoms with Crippen molar-refractivity contribution in [3.63, 3.8) is 0 Å². The number of nitrogens with zero attached hydrogens (tertiary/aromatic N) is 1. The molecule has 3 rings (SSSR count). The summed E-state index contributed by atoms with van der Waals surface area (Å²) < 4.78 is 0. The van der Waals surface area contributed by atoms with Crippen molar-refractivity contribution in [2.45, 2.75) is 6.54 Å².